The van der Waals surface area contributed by atoms with Crippen LogP contribution in [0.15, 0.2) is 54.1 Å². The van der Waals surface area contributed by atoms with E-state index in [-0.39, 0.29) is 0 Å². The van der Waals surface area contributed by atoms with Gasteiger partial charge in [0.1, 0.15) is 22.7 Å². The van der Waals surface area contributed by atoms with Gasteiger partial charge in [0, 0.05) is 54.8 Å². The van der Waals surface area contributed by atoms with Crippen molar-refractivity contribution in [3.63, 3.8) is 0 Å². The summed E-state index contributed by atoms with van der Waals surface area (Å²) in [6, 6.07) is 11.3. The van der Waals surface area contributed by atoms with Gasteiger partial charge in [0.25, 0.3) is 0 Å². The van der Waals surface area contributed by atoms with Crippen molar-refractivity contribution in [2.75, 3.05) is 36.4 Å². The first-order valence-electron chi connectivity index (χ1n) is 11.2. The molecule has 1 aliphatic carbocycles. The lowest BCUT2D eigenvalue weighted by Gasteiger charge is -2.35. The first-order valence-corrected chi connectivity index (χ1v) is 12.9. The van der Waals surface area contributed by atoms with Crippen molar-refractivity contribution in [2.45, 2.75) is 24.3 Å². The number of alkyl halides is 1. The highest BCUT2D eigenvalue weighted by atomic mass is 32.2. The Kier molecular flexibility index (Phi) is 7.04. The molecule has 1 fully saturated rings. The third-order valence-electron chi connectivity index (χ3n) is 5.72. The second-order valence-electron chi connectivity index (χ2n) is 8.13. The Morgan fingerprint density at radius 2 is 1.91 bits per heavy atom. The average Bonchev–Trinajstić information content (AvgIpc) is 3.42. The topological polar surface area (TPSA) is 81.0 Å². The Labute approximate surface area is 206 Å². The van der Waals surface area contributed by atoms with E-state index in [1.54, 1.807) is 35.7 Å². The third-order valence-corrected chi connectivity index (χ3v) is 7.84. The standard InChI is InChI=1S/C24H24FN7S2/c25-18-3-7-20(8-4-18)34-32-12-10-31(11-13-32)24-29-21(23-27-9-14-33-23)15-22(30-24)28-19-5-1-17(16-26)2-6-19/h1-3,5-7,9,14-15,18,20H,4,8,10-13H2,(H,28,29,30). The fourth-order valence-electron chi connectivity index (χ4n) is 3.91. The van der Waals surface area contributed by atoms with Gasteiger partial charge in [-0.05, 0) is 37.1 Å². The minimum atomic E-state index is -0.789. The number of thiazole rings is 1. The Morgan fingerprint density at radius 3 is 2.59 bits per heavy atom. The molecular formula is C24H24FN7S2. The van der Waals surface area contributed by atoms with E-state index in [4.69, 9.17) is 15.2 Å². The summed E-state index contributed by atoms with van der Waals surface area (Å²) in [4.78, 5) is 16.2. The van der Waals surface area contributed by atoms with Gasteiger partial charge in [-0.3, -0.25) is 0 Å². The molecule has 2 aliphatic rings. The zero-order valence-corrected chi connectivity index (χ0v) is 20.1. The molecule has 0 bridgehead atoms. The first-order chi connectivity index (χ1) is 16.7. The number of anilines is 3. The zero-order valence-electron chi connectivity index (χ0n) is 18.5. The SMILES string of the molecule is N#Cc1ccc(Nc2cc(-c3nccs3)nc(N3CCN(SC4C=CC(F)CC4)CC3)n2)cc1. The molecule has 0 radical (unpaired) electrons. The second kappa shape index (κ2) is 10.5. The summed E-state index contributed by atoms with van der Waals surface area (Å²) in [7, 11) is 0. The van der Waals surface area contributed by atoms with Crippen LogP contribution in [-0.2, 0) is 0 Å². The van der Waals surface area contributed by atoms with Crippen LogP contribution in [0.4, 0.5) is 21.8 Å². The monoisotopic (exact) mass is 493 g/mol. The number of rotatable bonds is 6. The van der Waals surface area contributed by atoms with Crippen LogP contribution in [0.5, 0.6) is 0 Å². The minimum Gasteiger partial charge on any atom is -0.340 e. The molecular weight excluding hydrogens is 469 g/mol. The number of halogens is 1. The summed E-state index contributed by atoms with van der Waals surface area (Å²) >= 11 is 3.36. The van der Waals surface area contributed by atoms with Gasteiger partial charge in [-0.1, -0.05) is 24.1 Å². The maximum absolute atomic E-state index is 13.4. The van der Waals surface area contributed by atoms with Crippen LogP contribution in [0.2, 0.25) is 0 Å². The van der Waals surface area contributed by atoms with Gasteiger partial charge in [0.05, 0.1) is 11.6 Å². The van der Waals surface area contributed by atoms with E-state index in [0.29, 0.717) is 29.0 Å². The number of nitriles is 1. The fraction of sp³-hybridized carbons (Fsp3) is 0.333. The Bertz CT molecular complexity index is 1170. The molecule has 2 aromatic heterocycles. The van der Waals surface area contributed by atoms with Gasteiger partial charge in [-0.25, -0.2) is 18.7 Å². The summed E-state index contributed by atoms with van der Waals surface area (Å²) in [5, 5.41) is 15.5. The predicted octanol–water partition coefficient (Wildman–Crippen LogP) is 5.04. The summed E-state index contributed by atoms with van der Waals surface area (Å²) < 4.78 is 15.7. The van der Waals surface area contributed by atoms with E-state index >= 15 is 0 Å². The summed E-state index contributed by atoms with van der Waals surface area (Å²) in [5.41, 5.74) is 2.24. The Balaban J connectivity index is 1.30. The van der Waals surface area contributed by atoms with Crippen LogP contribution in [-0.4, -0.2) is 56.9 Å². The zero-order chi connectivity index (χ0) is 23.3. The smallest absolute Gasteiger partial charge is 0.228 e. The van der Waals surface area contributed by atoms with Gasteiger partial charge in [-0.2, -0.15) is 10.2 Å². The minimum absolute atomic E-state index is 0.353. The molecule has 10 heteroatoms. The predicted molar refractivity (Wildman–Crippen MR) is 136 cm³/mol. The second-order valence-corrected chi connectivity index (χ2v) is 10.4. The summed E-state index contributed by atoms with van der Waals surface area (Å²) in [6.07, 6.45) is 6.18. The number of aromatic nitrogens is 3. The number of nitrogens with one attached hydrogen (secondary N) is 1. The van der Waals surface area contributed by atoms with E-state index in [9.17, 15) is 4.39 Å². The fourth-order valence-corrected chi connectivity index (χ4v) is 5.67. The van der Waals surface area contributed by atoms with E-state index in [1.165, 1.54) is 0 Å². The van der Waals surface area contributed by atoms with Crippen LogP contribution in [0.25, 0.3) is 10.7 Å². The molecule has 5 rings (SSSR count). The molecule has 0 spiro atoms. The molecule has 0 saturated carbocycles. The van der Waals surface area contributed by atoms with E-state index in [1.807, 2.05) is 41.6 Å². The Hall–Kier alpha value is -3.00. The largest absolute Gasteiger partial charge is 0.340 e. The maximum atomic E-state index is 13.4. The van der Waals surface area contributed by atoms with Gasteiger partial charge in [0.15, 0.2) is 0 Å². The maximum Gasteiger partial charge on any atom is 0.228 e. The molecule has 174 valence electrons. The van der Waals surface area contributed by atoms with Crippen molar-refractivity contribution >= 4 is 40.7 Å². The van der Waals surface area contributed by atoms with E-state index < -0.39 is 6.17 Å². The van der Waals surface area contributed by atoms with Crippen molar-refractivity contribution in [3.8, 4) is 16.8 Å². The van der Waals surface area contributed by atoms with Crippen LogP contribution >= 0.6 is 23.3 Å². The molecule has 34 heavy (non-hydrogen) atoms. The van der Waals surface area contributed by atoms with Crippen LogP contribution in [0.3, 0.4) is 0 Å². The summed E-state index contributed by atoms with van der Waals surface area (Å²) in [5.74, 6) is 1.36. The highest BCUT2D eigenvalue weighted by Crippen LogP contribution is 2.30. The highest BCUT2D eigenvalue weighted by molar-refractivity contribution is 7.97. The molecule has 3 aromatic rings. The van der Waals surface area contributed by atoms with Crippen molar-refractivity contribution < 1.29 is 4.39 Å². The number of piperazine rings is 1. The molecule has 2 unspecified atom stereocenters. The van der Waals surface area contributed by atoms with Crippen LogP contribution < -0.4 is 10.2 Å². The van der Waals surface area contributed by atoms with E-state index in [0.717, 1.165) is 49.0 Å². The number of nitrogens with zero attached hydrogens (tertiary/aromatic N) is 6. The third kappa shape index (κ3) is 5.55. The normalized spacial score (nSPS) is 20.8. The Morgan fingerprint density at radius 1 is 1.09 bits per heavy atom. The van der Waals surface area contributed by atoms with Gasteiger partial charge in [0.2, 0.25) is 5.95 Å². The molecule has 3 heterocycles. The van der Waals surface area contributed by atoms with Crippen molar-refractivity contribution in [2.24, 2.45) is 0 Å². The lowest BCUT2D eigenvalue weighted by Crippen LogP contribution is -2.45. The average molecular weight is 494 g/mol. The number of benzene rings is 1. The number of hydrogen-bond acceptors (Lipinski definition) is 9. The van der Waals surface area contributed by atoms with Crippen molar-refractivity contribution in [1.29, 1.82) is 5.26 Å². The summed E-state index contributed by atoms with van der Waals surface area (Å²) in [6.45, 7) is 3.40. The first kappa shape index (κ1) is 22.8. The van der Waals surface area contributed by atoms with Gasteiger partial charge >= 0.3 is 0 Å². The molecule has 2 atom stereocenters. The van der Waals surface area contributed by atoms with Gasteiger partial charge in [-0.15, -0.1) is 11.3 Å². The van der Waals surface area contributed by atoms with Crippen LogP contribution in [0, 0.1) is 11.3 Å². The number of allylic oxidation sites excluding steroid dienone is 1. The van der Waals surface area contributed by atoms with E-state index in [2.05, 4.69) is 25.6 Å². The van der Waals surface area contributed by atoms with Gasteiger partial charge < -0.3 is 10.2 Å². The molecule has 7 nitrogen and oxygen atoms in total. The molecule has 1 N–H and O–H groups in total. The lowest BCUT2D eigenvalue weighted by atomic mass is 10.1. The molecule has 1 aromatic carbocycles. The molecule has 1 saturated heterocycles. The quantitative estimate of drug-likeness (QED) is 0.378. The lowest BCUT2D eigenvalue weighted by molar-refractivity contribution is 0.360. The number of hydrogen-bond donors (Lipinski definition) is 1. The molecule has 1 aliphatic heterocycles. The van der Waals surface area contributed by atoms with Crippen molar-refractivity contribution in [1.82, 2.24) is 19.3 Å². The molecule has 0 amide bonds. The highest BCUT2D eigenvalue weighted by Gasteiger charge is 2.24. The van der Waals surface area contributed by atoms with Crippen LogP contribution in [0.1, 0.15) is 18.4 Å². The van der Waals surface area contributed by atoms with Crippen molar-refractivity contribution in [3.05, 3.63) is 59.6 Å².